The lowest BCUT2D eigenvalue weighted by Gasteiger charge is -2.05. The molecule has 5 aromatic heterocycles. The van der Waals surface area contributed by atoms with Gasteiger partial charge in [0, 0.05) is 226 Å². The number of aromatic nitrogens is 8. The lowest BCUT2D eigenvalue weighted by molar-refractivity contribution is -0.485. The van der Waals surface area contributed by atoms with Crippen molar-refractivity contribution in [2.24, 2.45) is 30.8 Å². The third-order valence-corrected chi connectivity index (χ3v) is 15.0. The van der Waals surface area contributed by atoms with Crippen LogP contribution in [0.15, 0.2) is 153 Å². The van der Waals surface area contributed by atoms with E-state index < -0.39 is 5.03 Å². The summed E-state index contributed by atoms with van der Waals surface area (Å²) in [5, 5.41) is 73.2. The van der Waals surface area contributed by atoms with E-state index in [9.17, 15) is 34.1 Å². The van der Waals surface area contributed by atoms with Crippen LogP contribution in [-0.2, 0) is 66.6 Å². The number of pyridine rings is 2. The quantitative estimate of drug-likeness (QED) is 0.00321. The second-order valence-electron chi connectivity index (χ2n) is 25.7. The van der Waals surface area contributed by atoms with Crippen LogP contribution in [0.3, 0.4) is 0 Å². The summed E-state index contributed by atoms with van der Waals surface area (Å²) in [5.74, 6) is 5.15. The first-order valence-corrected chi connectivity index (χ1v) is 41.8. The zero-order valence-corrected chi connectivity index (χ0v) is 78.1. The van der Waals surface area contributed by atoms with E-state index >= 15 is 0 Å². The number of rotatable bonds is 43. The number of benzene rings is 2. The number of nitrogens with one attached hydrogen (secondary N) is 19. The first-order valence-electron chi connectivity index (χ1n) is 41.8. The minimum absolute atomic E-state index is 0. The Bertz CT molecular complexity index is 4200. The molecule has 49 heteroatoms. The molecule has 0 bridgehead atoms. The molecule has 5 amide bonds. The number of methoxy groups -OCH3 is 9. The van der Waals surface area contributed by atoms with Crippen molar-refractivity contribution < 1.29 is 71.6 Å². The lowest BCUT2D eigenvalue weighted by atomic mass is 10.2. The Kier molecular flexibility index (Phi) is 123. The molecule has 812 valence electrons. The van der Waals surface area contributed by atoms with Gasteiger partial charge in [0.2, 0.25) is 41.5 Å². The number of para-hydroxylation sites is 3. The number of unbranched alkanes of at least 4 members (excludes halogenated alkanes) is 2. The molecule has 0 aliphatic carbocycles. The molecular weight excluding hydrogens is 1840 g/mol. The van der Waals surface area contributed by atoms with E-state index in [1.807, 2.05) is 97.2 Å². The monoisotopic (exact) mass is 2010 g/mol. The number of aromatic amines is 3. The maximum Gasteiger partial charge on any atom is 0.268 e. The van der Waals surface area contributed by atoms with Crippen molar-refractivity contribution in [2.45, 2.75) is 139 Å². The second kappa shape index (κ2) is 114. The van der Waals surface area contributed by atoms with Crippen molar-refractivity contribution in [1.29, 1.82) is 10.5 Å². The predicted octanol–water partition coefficient (Wildman–Crippen LogP) is 9.68. The van der Waals surface area contributed by atoms with Crippen molar-refractivity contribution >= 4 is 106 Å². The molecule has 2 aliphatic rings. The smallest absolute Gasteiger partial charge is 0.268 e. The van der Waals surface area contributed by atoms with Crippen LogP contribution in [0.1, 0.15) is 139 Å². The van der Waals surface area contributed by atoms with Gasteiger partial charge in [-0.15, -0.1) is 0 Å². The van der Waals surface area contributed by atoms with Crippen molar-refractivity contribution in [3.8, 4) is 12.4 Å². The average Bonchev–Trinajstić information content (AvgIpc) is 1.70. The molecular formula is C93H179N33O16. The Morgan fingerprint density at radius 1 is 0.500 bits per heavy atom. The minimum atomic E-state index is -0.755. The largest absolute Gasteiger partial charge is 0.385 e. The Hall–Kier alpha value is -14.0. The van der Waals surface area contributed by atoms with E-state index in [2.05, 4.69) is 166 Å². The summed E-state index contributed by atoms with van der Waals surface area (Å²) >= 11 is 0. The van der Waals surface area contributed by atoms with Crippen LogP contribution in [0.4, 0.5) is 35.2 Å². The average molecular weight is 2020 g/mol. The predicted molar refractivity (Wildman–Crippen MR) is 579 cm³/mol. The van der Waals surface area contributed by atoms with Gasteiger partial charge in [-0.3, -0.25) is 65.5 Å². The molecule has 0 atom stereocenters. The molecule has 9 rings (SSSR count). The fourth-order valence-corrected chi connectivity index (χ4v) is 9.05. The number of fused-ring (bicyclic) bond motifs is 1. The summed E-state index contributed by atoms with van der Waals surface area (Å²) in [6, 6.07) is 28.4. The molecule has 0 radical (unpaired) electrons. The van der Waals surface area contributed by atoms with Crippen molar-refractivity contribution in [3.63, 3.8) is 0 Å². The fourth-order valence-electron chi connectivity index (χ4n) is 9.05. The van der Waals surface area contributed by atoms with Crippen molar-refractivity contribution in [1.82, 2.24) is 93.0 Å². The number of nitriles is 2. The van der Waals surface area contributed by atoms with Crippen molar-refractivity contribution in [3.05, 3.63) is 138 Å². The number of nitrogens with two attached hydrogens (primary N) is 1. The Morgan fingerprint density at radius 2 is 0.979 bits per heavy atom. The molecule has 142 heavy (non-hydrogen) atoms. The summed E-state index contributed by atoms with van der Waals surface area (Å²) < 4.78 is 43.0. The van der Waals surface area contributed by atoms with Crippen LogP contribution >= 0.6 is 0 Å². The maximum atomic E-state index is 11.2. The summed E-state index contributed by atoms with van der Waals surface area (Å²) in [6.07, 6.45) is 21.8. The van der Waals surface area contributed by atoms with E-state index in [0.717, 1.165) is 125 Å². The number of aliphatic imine (C=N–C) groups is 4. The van der Waals surface area contributed by atoms with Crippen LogP contribution in [-0.4, -0.2) is 320 Å². The van der Waals surface area contributed by atoms with Gasteiger partial charge in [-0.05, 0) is 87.1 Å². The molecule has 0 saturated heterocycles. The molecule has 0 unspecified atom stereocenters. The number of H-pyrrole nitrogens is 3. The molecule has 7 heterocycles. The van der Waals surface area contributed by atoms with Gasteiger partial charge in [0.15, 0.2) is 35.3 Å². The summed E-state index contributed by atoms with van der Waals surface area (Å²) in [7, 11) is 17.5. The number of imidazole rings is 3. The number of anilines is 6. The Labute approximate surface area is 845 Å². The number of hydrazone groups is 1. The highest BCUT2D eigenvalue weighted by Crippen LogP contribution is 2.13. The van der Waals surface area contributed by atoms with Crippen molar-refractivity contribution in [2.75, 3.05) is 248 Å². The van der Waals surface area contributed by atoms with Crippen LogP contribution in [0, 0.1) is 33.0 Å². The van der Waals surface area contributed by atoms with Gasteiger partial charge in [-0.1, -0.05) is 136 Å². The molecule has 0 spiro atoms. The number of carbonyl (C=O) groups excluding carboxylic acids is 5. The zero-order chi connectivity index (χ0) is 97.6. The van der Waals surface area contributed by atoms with Gasteiger partial charge in [0.05, 0.1) is 24.2 Å². The van der Waals surface area contributed by atoms with E-state index in [-0.39, 0.29) is 142 Å². The van der Waals surface area contributed by atoms with E-state index in [1.165, 1.54) is 47.5 Å². The fraction of sp³-hybridized carbons (Fsp3) is 0.559. The van der Waals surface area contributed by atoms with Gasteiger partial charge >= 0.3 is 0 Å². The molecule has 21 N–H and O–H groups in total. The number of nitro groups is 1. The lowest BCUT2D eigenvalue weighted by Crippen LogP contribution is -2.37. The van der Waals surface area contributed by atoms with Crippen LogP contribution in [0.2, 0.25) is 0 Å². The standard InChI is InChI=1S/C10H11N3O2.C10H16N2.C9H13N3O.C9H11NO2.C7H14N4O.C7H13N3O2.C7H15N3O.C6H14N4O3.C6H12N4O.C6H9N3O2.C6H11N3O.10CH4/c1-15-6-9(14)13-10-11-7-4-2-3-5-8(7)12-10;1-2-3-5-8-11-10-7-4-6-9-12-10;1-8(13)10-6-7-12-9-4-2-3-5-11-9;1-12-7-9(11)10-8-5-3-2-4-6-8;1-9-7(11-6-8)10-4-3-5-12-2;1-12-4-2-3-8-7-9-5-6(11)10-7;1-11-6-2-3-8-7-9-4-5-10-7;1-7-6(9-10(11)12)8-4-3-5-13-2;1-11-4-2-3-9-6(8)10-5-7;1-11-4-5(10)9-6-7-2-3-8-6;1-10-5-4-9-6-7-2-3-8-6;;;;;;;;;;/h2-5H,6H2,1H3,(H2,11,12,13,14);4,6-7,9H,2-3,5,8H2,1H3,(H,11,12);2-5H,6-7H2,1H3,(H,10,13)(H,11,12);2-6H,7H2,1H3,(H,10,11);3-5H2,1-2H3,(H2,9,10,11);2-5H2,1H3,(H2,8,9,10,11);2-6H2,1H3,(H2,8,9,10);3-5H2,1-2H3,(H2,7,8,9);2-4H2,1H3,(H3,8,9,10);2-3H,4H2,1H3,(H2,7,8,9,10);2-3H,4-5H2,1H3,(H2,7,8,9);10*1H4. The summed E-state index contributed by atoms with van der Waals surface area (Å²) in [6.45, 7) is 16.9. The molecule has 0 fully saturated rings. The zero-order valence-electron chi connectivity index (χ0n) is 78.1. The number of guanidine groups is 5. The summed E-state index contributed by atoms with van der Waals surface area (Å²) in [5.41, 5.74) is 7.75. The molecule has 49 nitrogen and oxygen atoms in total. The van der Waals surface area contributed by atoms with Crippen LogP contribution in [0.25, 0.3) is 11.0 Å². The number of nitrogens with zero attached hydrogens (tertiary/aromatic N) is 13. The summed E-state index contributed by atoms with van der Waals surface area (Å²) in [4.78, 5) is 109. The highest BCUT2D eigenvalue weighted by atomic mass is 16.7. The van der Waals surface area contributed by atoms with E-state index in [0.29, 0.717) is 83.0 Å². The van der Waals surface area contributed by atoms with Gasteiger partial charge in [0.25, 0.3) is 17.8 Å². The number of hydrogen-bond donors (Lipinski definition) is 20. The molecule has 7 aromatic rings. The SMILES string of the molecule is C.C.C.C.C.C.C.C.C.C.CC(=O)NCCNc1ccccn1.CCCCCNc1ccccn1.CN/C(=N/[N+](=O)[O-])NCCCOC.CN=C(NC#N)NCCCOC.COCC(=O)Nc1ccccc1.COCC(=O)Nc1nc2ccccc2[nH]1.COCC(=O)Nc1ncc[nH]1.COCCCN=C(N)NC#N.COCCCNC1=NCC(=O)N1.COCCCNC1=NCCN1.COCCNc1ncc[nH]1. The van der Waals surface area contributed by atoms with Gasteiger partial charge < -0.3 is 122 Å². The van der Waals surface area contributed by atoms with Gasteiger partial charge in [0.1, 0.15) is 43.1 Å². The molecule has 2 aromatic carbocycles. The third-order valence-electron chi connectivity index (χ3n) is 15.0. The number of carbonyl (C=O) groups is 5. The Balaban J connectivity index is -0.000000130. The topological polar surface area (TPSA) is 651 Å². The van der Waals surface area contributed by atoms with Crippen LogP contribution in [0.5, 0.6) is 0 Å². The first-order chi connectivity index (χ1) is 64.2. The van der Waals surface area contributed by atoms with E-state index in [1.54, 1.807) is 100 Å². The number of ether oxygens (including phenoxy) is 9. The molecule has 0 saturated carbocycles. The highest BCUT2D eigenvalue weighted by molar-refractivity contribution is 6.03. The third kappa shape index (κ3) is 97.6. The highest BCUT2D eigenvalue weighted by Gasteiger charge is 2.12. The first kappa shape index (κ1) is 153. The Morgan fingerprint density at radius 3 is 1.42 bits per heavy atom. The number of amides is 5. The minimum Gasteiger partial charge on any atom is -0.385 e. The van der Waals surface area contributed by atoms with Gasteiger partial charge in [-0.25, -0.2) is 40.0 Å². The maximum absolute atomic E-state index is 11.2. The molecule has 2 aliphatic heterocycles. The second-order valence-corrected chi connectivity index (χ2v) is 25.7. The number of hydrogen-bond acceptors (Lipinski definition) is 33. The normalized spacial score (nSPS) is 10.3. The van der Waals surface area contributed by atoms with E-state index in [4.69, 9.17) is 49.4 Å². The van der Waals surface area contributed by atoms with Crippen LogP contribution < -0.4 is 90.8 Å². The van der Waals surface area contributed by atoms with Gasteiger partial charge in [-0.2, -0.15) is 10.5 Å².